The molecule has 2 aliphatic heterocycles. The van der Waals surface area contributed by atoms with Gasteiger partial charge in [-0.05, 0) is 29.7 Å². The molecule has 3 aliphatic rings. The number of benzene rings is 1. The van der Waals surface area contributed by atoms with Crippen LogP contribution in [0, 0.1) is 11.7 Å². The van der Waals surface area contributed by atoms with Crippen molar-refractivity contribution in [2.75, 3.05) is 6.61 Å². The highest BCUT2D eigenvalue weighted by molar-refractivity contribution is 5.86. The van der Waals surface area contributed by atoms with Crippen LogP contribution >= 0.6 is 0 Å². The Balaban J connectivity index is 1.79. The minimum absolute atomic E-state index is 0.0907. The Hall–Kier alpha value is -1.68. The maximum atomic E-state index is 13.0. The Morgan fingerprint density at radius 3 is 2.76 bits per heavy atom. The zero-order valence-corrected chi connectivity index (χ0v) is 12.0. The summed E-state index contributed by atoms with van der Waals surface area (Å²) in [6, 6.07) is 6.30. The third kappa shape index (κ3) is 2.86. The van der Waals surface area contributed by atoms with Gasteiger partial charge in [0.25, 0.3) is 0 Å². The van der Waals surface area contributed by atoms with Gasteiger partial charge in [0.15, 0.2) is 0 Å². The van der Waals surface area contributed by atoms with Crippen LogP contribution < -0.4 is 0 Å². The second kappa shape index (κ2) is 5.98. The van der Waals surface area contributed by atoms with Gasteiger partial charge < -0.3 is 9.47 Å². The summed E-state index contributed by atoms with van der Waals surface area (Å²) in [5.41, 5.74) is 1.88. The largest absolute Gasteiger partial charge is 0.457 e. The summed E-state index contributed by atoms with van der Waals surface area (Å²) < 4.78 is 24.3. The summed E-state index contributed by atoms with van der Waals surface area (Å²) in [5.74, 6) is -0.816. The van der Waals surface area contributed by atoms with Crippen molar-refractivity contribution in [2.45, 2.75) is 38.4 Å². The van der Waals surface area contributed by atoms with Crippen molar-refractivity contribution in [1.82, 2.24) is 0 Å². The van der Waals surface area contributed by atoms with Gasteiger partial charge in [-0.3, -0.25) is 4.79 Å². The van der Waals surface area contributed by atoms with Gasteiger partial charge in [-0.15, -0.1) is 0 Å². The first-order chi connectivity index (χ1) is 10.2. The summed E-state index contributed by atoms with van der Waals surface area (Å²) in [6.07, 6.45) is 4.32. The third-order valence-corrected chi connectivity index (χ3v) is 4.09. The molecule has 1 fully saturated rings. The first-order valence-corrected chi connectivity index (χ1v) is 7.48. The van der Waals surface area contributed by atoms with Crippen LogP contribution in [0.4, 0.5) is 4.39 Å². The van der Waals surface area contributed by atoms with E-state index in [0.717, 1.165) is 24.0 Å². The van der Waals surface area contributed by atoms with E-state index in [-0.39, 0.29) is 29.9 Å². The lowest BCUT2D eigenvalue weighted by Gasteiger charge is -2.40. The minimum atomic E-state index is -0.341. The lowest BCUT2D eigenvalue weighted by atomic mass is 9.80. The minimum Gasteiger partial charge on any atom is -0.457 e. The van der Waals surface area contributed by atoms with Gasteiger partial charge >= 0.3 is 5.97 Å². The molecule has 0 N–H and O–H groups in total. The van der Waals surface area contributed by atoms with Crippen molar-refractivity contribution in [3.63, 3.8) is 0 Å². The van der Waals surface area contributed by atoms with Gasteiger partial charge in [0.05, 0.1) is 6.10 Å². The summed E-state index contributed by atoms with van der Waals surface area (Å²) in [4.78, 5) is 11.9. The van der Waals surface area contributed by atoms with Crippen molar-refractivity contribution in [3.05, 3.63) is 41.7 Å². The highest BCUT2D eigenvalue weighted by atomic mass is 19.1. The highest BCUT2D eigenvalue weighted by Gasteiger charge is 2.44. The smallest absolute Gasteiger partial charge is 0.316 e. The number of carbonyl (C=O) groups excluding carboxylic acids is 1. The Bertz CT molecular complexity index is 550. The van der Waals surface area contributed by atoms with E-state index in [1.165, 1.54) is 12.1 Å². The second-order valence-corrected chi connectivity index (χ2v) is 5.58. The van der Waals surface area contributed by atoms with Crippen molar-refractivity contribution < 1.29 is 18.7 Å². The number of ether oxygens (including phenoxy) is 2. The fourth-order valence-electron chi connectivity index (χ4n) is 2.92. The van der Waals surface area contributed by atoms with E-state index >= 15 is 0 Å². The van der Waals surface area contributed by atoms with Crippen molar-refractivity contribution in [2.24, 2.45) is 5.92 Å². The van der Waals surface area contributed by atoms with Gasteiger partial charge in [-0.2, -0.15) is 0 Å². The molecule has 0 aromatic heterocycles. The molecule has 0 amide bonds. The molecule has 1 aromatic carbocycles. The lowest BCUT2D eigenvalue weighted by Crippen LogP contribution is -2.46. The molecule has 21 heavy (non-hydrogen) atoms. The SMILES string of the molecule is CCCCO[C@@H]1C[C@@H]2OC(=O)[C@H]1C=C2c1ccc(F)cc1. The normalized spacial score (nSPS) is 27.4. The van der Waals surface area contributed by atoms with Crippen LogP contribution in [0.2, 0.25) is 0 Å². The molecule has 4 rings (SSSR count). The van der Waals surface area contributed by atoms with E-state index < -0.39 is 0 Å². The molecule has 1 aromatic rings. The average molecular weight is 290 g/mol. The Morgan fingerprint density at radius 1 is 1.33 bits per heavy atom. The zero-order valence-electron chi connectivity index (χ0n) is 12.0. The maximum absolute atomic E-state index is 13.0. The molecule has 2 bridgehead atoms. The molecule has 0 saturated carbocycles. The third-order valence-electron chi connectivity index (χ3n) is 4.09. The fraction of sp³-hybridized carbons (Fsp3) is 0.471. The van der Waals surface area contributed by atoms with Gasteiger partial charge in [0.2, 0.25) is 0 Å². The number of hydrogen-bond donors (Lipinski definition) is 0. The van der Waals surface area contributed by atoms with Gasteiger partial charge in [-0.25, -0.2) is 4.39 Å². The zero-order chi connectivity index (χ0) is 14.8. The monoisotopic (exact) mass is 290 g/mol. The van der Waals surface area contributed by atoms with Crippen LogP contribution in [0.15, 0.2) is 30.3 Å². The quantitative estimate of drug-likeness (QED) is 0.616. The Kier molecular flexibility index (Phi) is 4.06. The molecule has 0 radical (unpaired) electrons. The van der Waals surface area contributed by atoms with E-state index in [2.05, 4.69) is 6.92 Å². The van der Waals surface area contributed by atoms with E-state index in [1.54, 1.807) is 12.1 Å². The molecule has 4 heteroatoms. The first kappa shape index (κ1) is 14.3. The number of carbonyl (C=O) groups is 1. The molecule has 0 unspecified atom stereocenters. The predicted octanol–water partition coefficient (Wildman–Crippen LogP) is 3.34. The molecule has 3 nitrogen and oxygen atoms in total. The summed E-state index contributed by atoms with van der Waals surface area (Å²) in [6.45, 7) is 2.79. The topological polar surface area (TPSA) is 35.5 Å². The molecule has 2 heterocycles. The van der Waals surface area contributed by atoms with Gasteiger partial charge in [-0.1, -0.05) is 31.6 Å². The van der Waals surface area contributed by atoms with Crippen LogP contribution in [0.25, 0.3) is 5.57 Å². The summed E-state index contributed by atoms with van der Waals surface area (Å²) in [5, 5.41) is 0. The van der Waals surface area contributed by atoms with Gasteiger partial charge in [0, 0.05) is 13.0 Å². The maximum Gasteiger partial charge on any atom is 0.316 e. The van der Waals surface area contributed by atoms with Crippen LogP contribution in [0.3, 0.4) is 0 Å². The number of fused-ring (bicyclic) bond motifs is 2. The molecule has 1 saturated heterocycles. The number of unbranched alkanes of at least 4 members (excludes halogenated alkanes) is 1. The number of hydrogen-bond acceptors (Lipinski definition) is 3. The van der Waals surface area contributed by atoms with Crippen molar-refractivity contribution in [1.29, 1.82) is 0 Å². The number of halogens is 1. The molecule has 112 valence electrons. The van der Waals surface area contributed by atoms with Crippen molar-refractivity contribution in [3.8, 4) is 0 Å². The van der Waals surface area contributed by atoms with Crippen LogP contribution in [0.1, 0.15) is 31.7 Å². The molecule has 0 spiro atoms. The van der Waals surface area contributed by atoms with Crippen molar-refractivity contribution >= 4 is 11.5 Å². The number of rotatable bonds is 5. The molecule has 3 atom stereocenters. The summed E-state index contributed by atoms with van der Waals surface area (Å²) in [7, 11) is 0. The second-order valence-electron chi connectivity index (χ2n) is 5.58. The van der Waals surface area contributed by atoms with Crippen LogP contribution in [-0.2, 0) is 14.3 Å². The van der Waals surface area contributed by atoms with Gasteiger partial charge in [0.1, 0.15) is 17.8 Å². The fourth-order valence-corrected chi connectivity index (χ4v) is 2.92. The lowest BCUT2D eigenvalue weighted by molar-refractivity contribution is -0.167. The Morgan fingerprint density at radius 2 is 2.10 bits per heavy atom. The van der Waals surface area contributed by atoms with E-state index in [4.69, 9.17) is 9.47 Å². The van der Waals surface area contributed by atoms with Crippen LogP contribution in [-0.4, -0.2) is 24.8 Å². The molecular formula is C17H19FO3. The first-order valence-electron chi connectivity index (χ1n) is 7.48. The van der Waals surface area contributed by atoms with E-state index in [0.29, 0.717) is 13.0 Å². The highest BCUT2D eigenvalue weighted by Crippen LogP contribution is 2.39. The summed E-state index contributed by atoms with van der Waals surface area (Å²) >= 11 is 0. The molecular weight excluding hydrogens is 271 g/mol. The predicted molar refractivity (Wildman–Crippen MR) is 77.0 cm³/mol. The Labute approximate surface area is 123 Å². The van der Waals surface area contributed by atoms with Crippen LogP contribution in [0.5, 0.6) is 0 Å². The standard InChI is InChI=1S/C17H19FO3/c1-2-3-8-20-15-10-16-13(9-14(15)17(19)21-16)11-4-6-12(18)7-5-11/h4-7,9,14-16H,2-3,8,10H2,1H3/t14-,15+,16-/m0/s1. The average Bonchev–Trinajstić information content (AvgIpc) is 2.48. The van der Waals surface area contributed by atoms with E-state index in [9.17, 15) is 9.18 Å². The number of esters is 1. The molecule has 1 aliphatic carbocycles. The van der Waals surface area contributed by atoms with E-state index in [1.807, 2.05) is 6.08 Å².